The van der Waals surface area contributed by atoms with Crippen LogP contribution in [0.1, 0.15) is 13.8 Å². The van der Waals surface area contributed by atoms with E-state index in [1.54, 1.807) is 24.3 Å². The van der Waals surface area contributed by atoms with Gasteiger partial charge in [0.15, 0.2) is 0 Å². The molecular formula is C20H26N4O6S2. The summed E-state index contributed by atoms with van der Waals surface area (Å²) in [6.45, 7) is 4.14. The van der Waals surface area contributed by atoms with Crippen LogP contribution >= 0.6 is 0 Å². The number of pyridine rings is 1. The normalized spacial score (nSPS) is 15.5. The van der Waals surface area contributed by atoms with E-state index in [9.17, 15) is 21.6 Å². The van der Waals surface area contributed by atoms with Crippen molar-refractivity contribution in [1.82, 2.24) is 14.2 Å². The summed E-state index contributed by atoms with van der Waals surface area (Å²) in [5.41, 5.74) is 0.321. The van der Waals surface area contributed by atoms with E-state index in [1.165, 1.54) is 33.7 Å². The van der Waals surface area contributed by atoms with Crippen molar-refractivity contribution < 1.29 is 26.4 Å². The lowest BCUT2D eigenvalue weighted by atomic mass is 10.3. The largest absolute Gasteiger partial charge is 0.491 e. The van der Waals surface area contributed by atoms with E-state index in [0.717, 1.165) is 0 Å². The highest BCUT2D eigenvalue weighted by Gasteiger charge is 2.31. The molecule has 0 saturated carbocycles. The molecular weight excluding hydrogens is 456 g/mol. The predicted molar refractivity (Wildman–Crippen MR) is 119 cm³/mol. The molecule has 1 aromatic heterocycles. The zero-order valence-electron chi connectivity index (χ0n) is 17.8. The maximum atomic E-state index is 12.6. The number of rotatable bonds is 8. The molecule has 32 heavy (non-hydrogen) atoms. The van der Waals surface area contributed by atoms with Gasteiger partial charge in [-0.15, -0.1) is 0 Å². The number of piperazine rings is 1. The van der Waals surface area contributed by atoms with E-state index >= 15 is 0 Å². The third kappa shape index (κ3) is 6.17. The van der Waals surface area contributed by atoms with Crippen molar-refractivity contribution in [3.8, 4) is 5.75 Å². The van der Waals surface area contributed by atoms with Crippen LogP contribution in [0.4, 0.5) is 5.69 Å². The highest BCUT2D eigenvalue weighted by atomic mass is 32.2. The molecule has 0 radical (unpaired) electrons. The maximum absolute atomic E-state index is 12.6. The van der Waals surface area contributed by atoms with E-state index in [4.69, 9.17) is 4.74 Å². The second-order valence-corrected chi connectivity index (χ2v) is 11.2. The van der Waals surface area contributed by atoms with Gasteiger partial charge in [0, 0.05) is 44.3 Å². The number of amides is 1. The molecule has 2 heterocycles. The van der Waals surface area contributed by atoms with Crippen LogP contribution in [0.2, 0.25) is 0 Å². The first-order valence-electron chi connectivity index (χ1n) is 10.0. The number of hydrogen-bond donors (Lipinski definition) is 1. The molecule has 0 aliphatic carbocycles. The first-order valence-corrected chi connectivity index (χ1v) is 13.1. The smallest absolute Gasteiger partial charge is 0.244 e. The Bertz CT molecular complexity index is 1130. The highest BCUT2D eigenvalue weighted by molar-refractivity contribution is 7.93. The summed E-state index contributed by atoms with van der Waals surface area (Å²) < 4.78 is 59.3. The van der Waals surface area contributed by atoms with Crippen molar-refractivity contribution in [2.45, 2.75) is 24.8 Å². The molecule has 1 aromatic carbocycles. The average molecular weight is 483 g/mol. The van der Waals surface area contributed by atoms with Gasteiger partial charge in [-0.3, -0.25) is 14.5 Å². The lowest BCUT2D eigenvalue weighted by Crippen LogP contribution is -2.51. The summed E-state index contributed by atoms with van der Waals surface area (Å²) >= 11 is 0. The number of sulfonamides is 2. The lowest BCUT2D eigenvalue weighted by molar-refractivity contribution is -0.129. The zero-order valence-corrected chi connectivity index (χ0v) is 19.5. The van der Waals surface area contributed by atoms with E-state index in [1.807, 2.05) is 13.8 Å². The van der Waals surface area contributed by atoms with Crippen molar-refractivity contribution in [3.05, 3.63) is 48.8 Å². The molecule has 1 N–H and O–H groups in total. The van der Waals surface area contributed by atoms with Gasteiger partial charge in [0.25, 0.3) is 0 Å². The third-order valence-electron chi connectivity index (χ3n) is 4.68. The molecule has 1 aliphatic rings. The Kier molecular flexibility index (Phi) is 7.36. The molecule has 1 saturated heterocycles. The highest BCUT2D eigenvalue weighted by Crippen LogP contribution is 2.19. The Hall–Kier alpha value is -2.70. The number of anilines is 1. The molecule has 1 aliphatic heterocycles. The van der Waals surface area contributed by atoms with E-state index in [0.29, 0.717) is 11.4 Å². The summed E-state index contributed by atoms with van der Waals surface area (Å²) in [5.74, 6) is -0.708. The van der Waals surface area contributed by atoms with Gasteiger partial charge in [0.1, 0.15) is 16.4 Å². The standard InChI is InChI=1S/C20H26N4O6S2/c1-16(2)30-18-7-5-17(6-8-18)22-31(26,27)15-20(25)23-10-12-24(13-11-23)32(28,29)19-4-3-9-21-14-19/h3-9,14,16,22H,10-13,15H2,1-2H3. The minimum absolute atomic E-state index is 0.00465. The number of ether oxygens (including phenoxy) is 1. The number of nitrogens with zero attached hydrogens (tertiary/aromatic N) is 3. The van der Waals surface area contributed by atoms with Crippen molar-refractivity contribution in [1.29, 1.82) is 0 Å². The monoisotopic (exact) mass is 482 g/mol. The summed E-state index contributed by atoms with van der Waals surface area (Å²) in [5, 5.41) is 0. The number of hydrogen-bond acceptors (Lipinski definition) is 7. The topological polar surface area (TPSA) is 126 Å². The van der Waals surface area contributed by atoms with Crippen LogP contribution in [-0.4, -0.2) is 75.0 Å². The van der Waals surface area contributed by atoms with E-state index < -0.39 is 31.7 Å². The Labute approximate surface area is 188 Å². The Balaban J connectivity index is 1.55. The number of nitrogens with one attached hydrogen (secondary N) is 1. The number of carbonyl (C=O) groups is 1. The molecule has 1 amide bonds. The summed E-state index contributed by atoms with van der Waals surface area (Å²) in [4.78, 5) is 17.8. The van der Waals surface area contributed by atoms with Gasteiger partial charge >= 0.3 is 0 Å². The SMILES string of the molecule is CC(C)Oc1ccc(NS(=O)(=O)CC(=O)N2CCN(S(=O)(=O)c3cccnc3)CC2)cc1. The lowest BCUT2D eigenvalue weighted by Gasteiger charge is -2.33. The summed E-state index contributed by atoms with van der Waals surface area (Å²) in [6, 6.07) is 9.39. The molecule has 3 rings (SSSR count). The van der Waals surface area contributed by atoms with Gasteiger partial charge < -0.3 is 9.64 Å². The summed E-state index contributed by atoms with van der Waals surface area (Å²) in [6.07, 6.45) is 2.75. The van der Waals surface area contributed by atoms with Crippen LogP contribution in [0.5, 0.6) is 5.75 Å². The predicted octanol–water partition coefficient (Wildman–Crippen LogP) is 1.14. The third-order valence-corrected chi connectivity index (χ3v) is 7.73. The van der Waals surface area contributed by atoms with Crippen molar-refractivity contribution in [2.75, 3.05) is 36.7 Å². The second kappa shape index (κ2) is 9.84. The minimum atomic E-state index is -3.93. The zero-order chi connectivity index (χ0) is 23.4. The fourth-order valence-corrected chi connectivity index (χ4v) is 5.63. The van der Waals surface area contributed by atoms with Gasteiger partial charge in [-0.1, -0.05) is 0 Å². The van der Waals surface area contributed by atoms with Crippen LogP contribution < -0.4 is 9.46 Å². The van der Waals surface area contributed by atoms with Crippen LogP contribution in [0.3, 0.4) is 0 Å². The number of benzene rings is 1. The molecule has 0 unspecified atom stereocenters. The fourth-order valence-electron chi connectivity index (χ4n) is 3.17. The molecule has 12 heteroatoms. The number of aromatic nitrogens is 1. The Morgan fingerprint density at radius 3 is 2.28 bits per heavy atom. The van der Waals surface area contributed by atoms with E-state index in [2.05, 4.69) is 9.71 Å². The van der Waals surface area contributed by atoms with Crippen molar-refractivity contribution >= 4 is 31.6 Å². The molecule has 10 nitrogen and oxygen atoms in total. The molecule has 1 fully saturated rings. The Morgan fingerprint density at radius 1 is 1.06 bits per heavy atom. The van der Waals surface area contributed by atoms with Gasteiger partial charge in [-0.25, -0.2) is 16.8 Å². The molecule has 0 spiro atoms. The maximum Gasteiger partial charge on any atom is 0.244 e. The van der Waals surface area contributed by atoms with Crippen LogP contribution in [-0.2, 0) is 24.8 Å². The molecule has 174 valence electrons. The van der Waals surface area contributed by atoms with Crippen LogP contribution in [0, 0.1) is 0 Å². The van der Waals surface area contributed by atoms with E-state index in [-0.39, 0.29) is 37.2 Å². The molecule has 2 aromatic rings. The molecule has 0 atom stereocenters. The van der Waals surface area contributed by atoms with Crippen LogP contribution in [0.25, 0.3) is 0 Å². The van der Waals surface area contributed by atoms with Crippen molar-refractivity contribution in [3.63, 3.8) is 0 Å². The average Bonchev–Trinajstić information content (AvgIpc) is 2.75. The van der Waals surface area contributed by atoms with Gasteiger partial charge in [-0.05, 0) is 50.2 Å². The minimum Gasteiger partial charge on any atom is -0.491 e. The van der Waals surface area contributed by atoms with Crippen LogP contribution in [0.15, 0.2) is 53.7 Å². The number of carbonyl (C=O) groups excluding carboxylic acids is 1. The van der Waals surface area contributed by atoms with Gasteiger partial charge in [0.05, 0.1) is 6.10 Å². The van der Waals surface area contributed by atoms with Gasteiger partial charge in [0.2, 0.25) is 26.0 Å². The first-order chi connectivity index (χ1) is 15.1. The molecule has 0 bridgehead atoms. The Morgan fingerprint density at radius 2 is 1.72 bits per heavy atom. The first kappa shape index (κ1) is 24.0. The van der Waals surface area contributed by atoms with Crippen molar-refractivity contribution in [2.24, 2.45) is 0 Å². The summed E-state index contributed by atoms with van der Waals surface area (Å²) in [7, 11) is -7.63. The van der Waals surface area contributed by atoms with Gasteiger partial charge in [-0.2, -0.15) is 4.31 Å². The fraction of sp³-hybridized carbons (Fsp3) is 0.400. The second-order valence-electron chi connectivity index (χ2n) is 7.53. The quantitative estimate of drug-likeness (QED) is 0.598.